The van der Waals surface area contributed by atoms with Crippen LogP contribution in [0.2, 0.25) is 5.02 Å². The Balaban J connectivity index is 1.63. The van der Waals surface area contributed by atoms with E-state index >= 15 is 0 Å². The van der Waals surface area contributed by atoms with E-state index < -0.39 is 27.7 Å². The Kier molecular flexibility index (Phi) is 7.80. The molecule has 0 spiro atoms. The van der Waals surface area contributed by atoms with Crippen molar-refractivity contribution in [3.63, 3.8) is 0 Å². The van der Waals surface area contributed by atoms with Crippen molar-refractivity contribution < 1.29 is 26.4 Å². The molecule has 0 aromatic heterocycles. The van der Waals surface area contributed by atoms with Crippen molar-refractivity contribution in [2.75, 3.05) is 9.62 Å². The van der Waals surface area contributed by atoms with Gasteiger partial charge in [-0.05, 0) is 66.6 Å². The predicted octanol–water partition coefficient (Wildman–Crippen LogP) is 7.32. The number of nitrogens with one attached hydrogen (secondary N) is 1. The number of sulfonamides is 1. The summed E-state index contributed by atoms with van der Waals surface area (Å²) in [6.45, 7) is 1.70. The van der Waals surface area contributed by atoms with Gasteiger partial charge in [-0.3, -0.25) is 9.10 Å². The van der Waals surface area contributed by atoms with Gasteiger partial charge >= 0.3 is 6.18 Å². The van der Waals surface area contributed by atoms with Crippen molar-refractivity contribution in [2.24, 2.45) is 0 Å². The van der Waals surface area contributed by atoms with Crippen LogP contribution in [0, 0.1) is 6.92 Å². The van der Waals surface area contributed by atoms with E-state index in [1.54, 1.807) is 55.5 Å². The lowest BCUT2D eigenvalue weighted by Crippen LogP contribution is -2.31. The number of para-hydroxylation sites is 1. The van der Waals surface area contributed by atoms with E-state index in [-0.39, 0.29) is 22.7 Å². The van der Waals surface area contributed by atoms with Crippen molar-refractivity contribution in [1.29, 1.82) is 0 Å². The average Bonchev–Trinajstić information content (AvgIpc) is 2.89. The molecule has 0 saturated heterocycles. The lowest BCUT2D eigenvalue weighted by atomic mass is 10.1. The Labute approximate surface area is 223 Å². The lowest BCUT2D eigenvalue weighted by Gasteiger charge is -2.26. The quantitative estimate of drug-likeness (QED) is 0.258. The maximum absolute atomic E-state index is 13.6. The summed E-state index contributed by atoms with van der Waals surface area (Å²) < 4.78 is 68.3. The first-order valence-corrected chi connectivity index (χ1v) is 13.2. The van der Waals surface area contributed by atoms with Gasteiger partial charge in [-0.2, -0.15) is 13.2 Å². The Bertz CT molecular complexity index is 1560. The molecule has 0 atom stereocenters. The fraction of sp³-hybridized carbons (Fsp3) is 0.107. The van der Waals surface area contributed by atoms with Gasteiger partial charge in [0.2, 0.25) is 0 Å². The zero-order valence-electron chi connectivity index (χ0n) is 20.0. The van der Waals surface area contributed by atoms with Crippen LogP contribution in [0.25, 0.3) is 0 Å². The molecule has 10 heteroatoms. The largest absolute Gasteiger partial charge is 0.418 e. The molecule has 4 aromatic rings. The number of nitrogens with zero attached hydrogens (tertiary/aromatic N) is 1. The standard InChI is InChI=1S/C28H22ClF3N2O3S/c1-19-11-16-22(29)17-26(19)34(38(36,37)23-7-3-2-4-8-23)18-20-12-14-21(15-13-20)27(35)33-25-10-6-5-9-24(25)28(30,31)32/h2-17H,18H2,1H3,(H,33,35). The Hall–Kier alpha value is -3.82. The molecule has 38 heavy (non-hydrogen) atoms. The monoisotopic (exact) mass is 558 g/mol. The molecule has 0 bridgehead atoms. The highest BCUT2D eigenvalue weighted by molar-refractivity contribution is 7.92. The van der Waals surface area contributed by atoms with Gasteiger partial charge in [0.25, 0.3) is 15.9 Å². The van der Waals surface area contributed by atoms with Gasteiger partial charge in [0, 0.05) is 10.6 Å². The summed E-state index contributed by atoms with van der Waals surface area (Å²) in [4.78, 5) is 12.8. The normalized spacial score (nSPS) is 11.7. The van der Waals surface area contributed by atoms with E-state index in [9.17, 15) is 26.4 Å². The second-order valence-electron chi connectivity index (χ2n) is 8.45. The van der Waals surface area contributed by atoms with Crippen molar-refractivity contribution >= 4 is 38.9 Å². The van der Waals surface area contributed by atoms with Gasteiger partial charge in [0.1, 0.15) is 0 Å². The summed E-state index contributed by atoms with van der Waals surface area (Å²) in [5.74, 6) is -0.729. The molecule has 0 aliphatic heterocycles. The molecule has 0 saturated carbocycles. The van der Waals surface area contributed by atoms with Crippen LogP contribution in [0.15, 0.2) is 102 Å². The van der Waals surface area contributed by atoms with Crippen LogP contribution < -0.4 is 9.62 Å². The second-order valence-corrected chi connectivity index (χ2v) is 10.7. The first kappa shape index (κ1) is 27.2. The smallest absolute Gasteiger partial charge is 0.321 e. The van der Waals surface area contributed by atoms with Crippen LogP contribution in [-0.2, 0) is 22.7 Å². The van der Waals surface area contributed by atoms with Crippen LogP contribution in [-0.4, -0.2) is 14.3 Å². The number of benzene rings is 4. The summed E-state index contributed by atoms with van der Waals surface area (Å²) in [7, 11) is -3.99. The number of hydrogen-bond donors (Lipinski definition) is 1. The molecule has 5 nitrogen and oxygen atoms in total. The van der Waals surface area contributed by atoms with E-state index in [2.05, 4.69) is 5.32 Å². The SMILES string of the molecule is Cc1ccc(Cl)cc1N(Cc1ccc(C(=O)Nc2ccccc2C(F)(F)F)cc1)S(=O)(=O)c1ccccc1. The number of anilines is 2. The van der Waals surface area contributed by atoms with Crippen LogP contribution in [0.1, 0.15) is 27.0 Å². The highest BCUT2D eigenvalue weighted by atomic mass is 35.5. The first-order chi connectivity index (χ1) is 18.0. The summed E-state index contributed by atoms with van der Waals surface area (Å²) in [5, 5.41) is 2.66. The minimum Gasteiger partial charge on any atom is -0.321 e. The van der Waals surface area contributed by atoms with Gasteiger partial charge in [0.05, 0.1) is 28.4 Å². The number of alkyl halides is 3. The Morgan fingerprint density at radius 1 is 0.895 bits per heavy atom. The maximum atomic E-state index is 13.6. The summed E-state index contributed by atoms with van der Waals surface area (Å²) >= 11 is 6.19. The van der Waals surface area contributed by atoms with Crippen molar-refractivity contribution in [3.8, 4) is 0 Å². The zero-order valence-corrected chi connectivity index (χ0v) is 21.6. The van der Waals surface area contributed by atoms with Crippen LogP contribution >= 0.6 is 11.6 Å². The molecule has 1 amide bonds. The van der Waals surface area contributed by atoms with Crippen LogP contribution in [0.3, 0.4) is 0 Å². The van der Waals surface area contributed by atoms with E-state index in [0.717, 1.165) is 6.07 Å². The fourth-order valence-electron chi connectivity index (χ4n) is 3.83. The van der Waals surface area contributed by atoms with Gasteiger partial charge in [0.15, 0.2) is 0 Å². The van der Waals surface area contributed by atoms with Crippen molar-refractivity contribution in [3.05, 3.63) is 124 Å². The van der Waals surface area contributed by atoms with Gasteiger partial charge in [-0.1, -0.05) is 60.1 Å². The Morgan fingerprint density at radius 3 is 2.18 bits per heavy atom. The van der Waals surface area contributed by atoms with Crippen LogP contribution in [0.4, 0.5) is 24.5 Å². The van der Waals surface area contributed by atoms with E-state index in [0.29, 0.717) is 21.8 Å². The van der Waals surface area contributed by atoms with E-state index in [1.807, 2.05) is 0 Å². The highest BCUT2D eigenvalue weighted by Gasteiger charge is 2.33. The molecule has 1 N–H and O–H groups in total. The van der Waals surface area contributed by atoms with Gasteiger partial charge < -0.3 is 5.32 Å². The van der Waals surface area contributed by atoms with Crippen molar-refractivity contribution in [1.82, 2.24) is 0 Å². The molecular weight excluding hydrogens is 537 g/mol. The first-order valence-electron chi connectivity index (χ1n) is 11.4. The number of carbonyl (C=O) groups is 1. The fourth-order valence-corrected chi connectivity index (χ4v) is 5.53. The van der Waals surface area contributed by atoms with Gasteiger partial charge in [-0.15, -0.1) is 0 Å². The number of halogens is 4. The molecule has 0 fully saturated rings. The molecular formula is C28H22ClF3N2O3S. The topological polar surface area (TPSA) is 66.5 Å². The minimum atomic E-state index is -4.63. The molecule has 196 valence electrons. The molecule has 4 rings (SSSR count). The molecule has 0 radical (unpaired) electrons. The second kappa shape index (κ2) is 10.9. The number of carbonyl (C=O) groups excluding carboxylic acids is 1. The predicted molar refractivity (Wildman–Crippen MR) is 142 cm³/mol. The maximum Gasteiger partial charge on any atom is 0.418 e. The number of amides is 1. The summed E-state index contributed by atoms with van der Waals surface area (Å²) in [6, 6.07) is 23.6. The van der Waals surface area contributed by atoms with Gasteiger partial charge in [-0.25, -0.2) is 8.42 Å². The molecule has 0 aliphatic rings. The highest BCUT2D eigenvalue weighted by Crippen LogP contribution is 2.35. The zero-order chi connectivity index (χ0) is 27.5. The molecule has 4 aromatic carbocycles. The minimum absolute atomic E-state index is 0.0722. The van der Waals surface area contributed by atoms with Crippen LogP contribution in [0.5, 0.6) is 0 Å². The van der Waals surface area contributed by atoms with Crippen molar-refractivity contribution in [2.45, 2.75) is 24.5 Å². The lowest BCUT2D eigenvalue weighted by molar-refractivity contribution is -0.136. The summed E-state index contributed by atoms with van der Waals surface area (Å²) in [6.07, 6.45) is -4.63. The molecule has 0 unspecified atom stereocenters. The average molecular weight is 559 g/mol. The number of aryl methyl sites for hydroxylation is 1. The molecule has 0 heterocycles. The third-order valence-electron chi connectivity index (χ3n) is 5.79. The van der Waals surface area contributed by atoms with E-state index in [1.165, 1.54) is 46.8 Å². The Morgan fingerprint density at radius 2 is 1.53 bits per heavy atom. The molecule has 0 aliphatic carbocycles. The number of rotatable bonds is 7. The summed E-state index contributed by atoms with van der Waals surface area (Å²) in [5.41, 5.74) is 0.438. The third-order valence-corrected chi connectivity index (χ3v) is 7.80. The van der Waals surface area contributed by atoms with E-state index in [4.69, 9.17) is 11.6 Å². The number of hydrogen-bond acceptors (Lipinski definition) is 3. The third kappa shape index (κ3) is 6.00.